The van der Waals surface area contributed by atoms with E-state index in [1.165, 1.54) is 0 Å². The van der Waals surface area contributed by atoms with Gasteiger partial charge < -0.3 is 10.1 Å². The van der Waals surface area contributed by atoms with Gasteiger partial charge >= 0.3 is 0 Å². The van der Waals surface area contributed by atoms with Crippen LogP contribution in [0.15, 0.2) is 67.0 Å². The summed E-state index contributed by atoms with van der Waals surface area (Å²) >= 11 is 0. The van der Waals surface area contributed by atoms with E-state index in [2.05, 4.69) is 15.3 Å². The van der Waals surface area contributed by atoms with Crippen LogP contribution in [0.3, 0.4) is 0 Å². The van der Waals surface area contributed by atoms with E-state index in [-0.39, 0.29) is 11.9 Å². The SMILES string of the molecule is O=C(N[C@@H]1CCOc2ccccc21)c1cnc(-c2ccccc2)nc1. The van der Waals surface area contributed by atoms with Gasteiger partial charge in [0.15, 0.2) is 5.82 Å². The third-order valence-electron chi connectivity index (χ3n) is 4.21. The zero-order chi connectivity index (χ0) is 17.1. The van der Waals surface area contributed by atoms with Gasteiger partial charge in [0.25, 0.3) is 5.91 Å². The molecule has 3 aromatic rings. The van der Waals surface area contributed by atoms with Crippen LogP contribution >= 0.6 is 0 Å². The summed E-state index contributed by atoms with van der Waals surface area (Å²) in [5.74, 6) is 1.25. The van der Waals surface area contributed by atoms with Crippen molar-refractivity contribution >= 4 is 5.91 Å². The fourth-order valence-electron chi connectivity index (χ4n) is 2.92. The average molecular weight is 331 g/mol. The molecule has 1 amide bonds. The highest BCUT2D eigenvalue weighted by molar-refractivity contribution is 5.94. The molecule has 124 valence electrons. The Morgan fingerprint density at radius 2 is 1.72 bits per heavy atom. The van der Waals surface area contributed by atoms with Crippen LogP contribution in [0.2, 0.25) is 0 Å². The average Bonchev–Trinajstić information content (AvgIpc) is 2.69. The van der Waals surface area contributed by atoms with E-state index in [1.54, 1.807) is 12.4 Å². The highest BCUT2D eigenvalue weighted by Crippen LogP contribution is 2.31. The van der Waals surface area contributed by atoms with Gasteiger partial charge in [-0.3, -0.25) is 4.79 Å². The summed E-state index contributed by atoms with van der Waals surface area (Å²) in [5, 5.41) is 3.05. The molecule has 1 aliphatic rings. The molecule has 0 fully saturated rings. The lowest BCUT2D eigenvalue weighted by molar-refractivity contribution is 0.0924. The van der Waals surface area contributed by atoms with Crippen molar-refractivity contribution in [1.29, 1.82) is 0 Å². The molecule has 2 aromatic carbocycles. The predicted octanol–water partition coefficient (Wildman–Crippen LogP) is 3.40. The van der Waals surface area contributed by atoms with Crippen molar-refractivity contribution in [2.45, 2.75) is 12.5 Å². The number of benzene rings is 2. The van der Waals surface area contributed by atoms with Gasteiger partial charge in [-0.25, -0.2) is 9.97 Å². The fraction of sp³-hybridized carbons (Fsp3) is 0.150. The molecule has 1 N–H and O–H groups in total. The number of para-hydroxylation sites is 1. The van der Waals surface area contributed by atoms with Crippen LogP contribution in [-0.2, 0) is 0 Å². The summed E-state index contributed by atoms with van der Waals surface area (Å²) in [4.78, 5) is 21.2. The number of nitrogens with zero attached hydrogens (tertiary/aromatic N) is 2. The third kappa shape index (κ3) is 3.21. The van der Waals surface area contributed by atoms with Crippen molar-refractivity contribution in [3.8, 4) is 17.1 Å². The van der Waals surface area contributed by atoms with E-state index in [1.807, 2.05) is 54.6 Å². The molecule has 5 heteroatoms. The van der Waals surface area contributed by atoms with E-state index in [0.29, 0.717) is 18.0 Å². The summed E-state index contributed by atoms with van der Waals surface area (Å²) in [6.45, 7) is 0.589. The minimum absolute atomic E-state index is 0.0637. The van der Waals surface area contributed by atoms with Gasteiger partial charge in [0.05, 0.1) is 18.2 Å². The Bertz CT molecular complexity index is 879. The lowest BCUT2D eigenvalue weighted by atomic mass is 10.0. The number of rotatable bonds is 3. The fourth-order valence-corrected chi connectivity index (χ4v) is 2.92. The second kappa shape index (κ2) is 6.73. The van der Waals surface area contributed by atoms with Crippen LogP contribution in [0.4, 0.5) is 0 Å². The summed E-state index contributed by atoms with van der Waals surface area (Å²) in [5.41, 5.74) is 2.38. The van der Waals surface area contributed by atoms with Crippen molar-refractivity contribution < 1.29 is 9.53 Å². The number of carbonyl (C=O) groups is 1. The Morgan fingerprint density at radius 3 is 2.52 bits per heavy atom. The lowest BCUT2D eigenvalue weighted by Gasteiger charge is -2.26. The summed E-state index contributed by atoms with van der Waals surface area (Å²) in [6.07, 6.45) is 3.87. The molecule has 0 bridgehead atoms. The molecule has 0 spiro atoms. The first-order chi connectivity index (χ1) is 12.3. The number of hydrogen-bond acceptors (Lipinski definition) is 4. The predicted molar refractivity (Wildman–Crippen MR) is 94.2 cm³/mol. The number of amides is 1. The van der Waals surface area contributed by atoms with Crippen LogP contribution in [0.5, 0.6) is 5.75 Å². The molecule has 1 aromatic heterocycles. The molecular formula is C20H17N3O2. The molecule has 0 saturated carbocycles. The number of hydrogen-bond donors (Lipinski definition) is 1. The Morgan fingerprint density at radius 1 is 1.00 bits per heavy atom. The second-order valence-corrected chi connectivity index (χ2v) is 5.86. The van der Waals surface area contributed by atoms with E-state index in [0.717, 1.165) is 23.3 Å². The van der Waals surface area contributed by atoms with Gasteiger partial charge in [0.2, 0.25) is 0 Å². The van der Waals surface area contributed by atoms with Crippen molar-refractivity contribution in [2.24, 2.45) is 0 Å². The molecule has 2 heterocycles. The van der Waals surface area contributed by atoms with Gasteiger partial charge in [-0.15, -0.1) is 0 Å². The highest BCUT2D eigenvalue weighted by atomic mass is 16.5. The summed E-state index contributed by atoms with van der Waals surface area (Å²) in [7, 11) is 0. The van der Waals surface area contributed by atoms with Crippen LogP contribution in [0.1, 0.15) is 28.4 Å². The van der Waals surface area contributed by atoms with Gasteiger partial charge in [0, 0.05) is 29.9 Å². The molecule has 1 aliphatic heterocycles. The summed E-state index contributed by atoms with van der Waals surface area (Å²) < 4.78 is 5.63. The number of aromatic nitrogens is 2. The van der Waals surface area contributed by atoms with Crippen LogP contribution in [-0.4, -0.2) is 22.5 Å². The maximum absolute atomic E-state index is 12.5. The number of fused-ring (bicyclic) bond motifs is 1. The Balaban J connectivity index is 1.51. The molecule has 25 heavy (non-hydrogen) atoms. The van der Waals surface area contributed by atoms with E-state index in [4.69, 9.17) is 4.74 Å². The van der Waals surface area contributed by atoms with Crippen molar-refractivity contribution in [2.75, 3.05) is 6.61 Å². The van der Waals surface area contributed by atoms with Gasteiger partial charge in [-0.2, -0.15) is 0 Å². The van der Waals surface area contributed by atoms with E-state index < -0.39 is 0 Å². The van der Waals surface area contributed by atoms with E-state index in [9.17, 15) is 4.79 Å². The molecule has 5 nitrogen and oxygen atoms in total. The zero-order valence-corrected chi connectivity index (χ0v) is 13.6. The molecule has 0 saturated heterocycles. The highest BCUT2D eigenvalue weighted by Gasteiger charge is 2.23. The molecule has 0 radical (unpaired) electrons. The Kier molecular flexibility index (Phi) is 4.12. The quantitative estimate of drug-likeness (QED) is 0.799. The van der Waals surface area contributed by atoms with Gasteiger partial charge in [-0.1, -0.05) is 48.5 Å². The molecule has 0 aliphatic carbocycles. The maximum atomic E-state index is 12.5. The van der Waals surface area contributed by atoms with Crippen molar-refractivity contribution in [3.63, 3.8) is 0 Å². The first kappa shape index (κ1) is 15.3. The first-order valence-electron chi connectivity index (χ1n) is 8.21. The molecular weight excluding hydrogens is 314 g/mol. The number of ether oxygens (including phenoxy) is 1. The molecule has 4 rings (SSSR count). The van der Waals surface area contributed by atoms with Gasteiger partial charge in [0.1, 0.15) is 5.75 Å². The Hall–Kier alpha value is -3.21. The minimum atomic E-state index is -0.179. The second-order valence-electron chi connectivity index (χ2n) is 5.86. The third-order valence-corrected chi connectivity index (χ3v) is 4.21. The maximum Gasteiger partial charge on any atom is 0.254 e. The minimum Gasteiger partial charge on any atom is -0.493 e. The monoisotopic (exact) mass is 331 g/mol. The molecule has 1 atom stereocenters. The zero-order valence-electron chi connectivity index (χ0n) is 13.6. The standard InChI is InChI=1S/C20H17N3O2/c24-20(23-17-10-11-25-18-9-5-4-8-16(17)18)15-12-21-19(22-13-15)14-6-2-1-3-7-14/h1-9,12-13,17H,10-11H2,(H,23,24)/t17-/m1/s1. The largest absolute Gasteiger partial charge is 0.493 e. The number of carbonyl (C=O) groups excluding carboxylic acids is 1. The molecule has 0 unspecified atom stereocenters. The van der Waals surface area contributed by atoms with Gasteiger partial charge in [-0.05, 0) is 6.07 Å². The van der Waals surface area contributed by atoms with Crippen molar-refractivity contribution in [1.82, 2.24) is 15.3 Å². The lowest BCUT2D eigenvalue weighted by Crippen LogP contribution is -2.32. The number of nitrogens with one attached hydrogen (secondary N) is 1. The summed E-state index contributed by atoms with van der Waals surface area (Å²) in [6, 6.07) is 17.4. The topological polar surface area (TPSA) is 64.1 Å². The van der Waals surface area contributed by atoms with E-state index >= 15 is 0 Å². The van der Waals surface area contributed by atoms with Crippen LogP contribution in [0, 0.1) is 0 Å². The first-order valence-corrected chi connectivity index (χ1v) is 8.21. The van der Waals surface area contributed by atoms with Crippen molar-refractivity contribution in [3.05, 3.63) is 78.1 Å². The normalized spacial score (nSPS) is 15.8. The smallest absolute Gasteiger partial charge is 0.254 e. The van der Waals surface area contributed by atoms with Crippen LogP contribution < -0.4 is 10.1 Å². The van der Waals surface area contributed by atoms with Crippen LogP contribution in [0.25, 0.3) is 11.4 Å². The Labute approximate surface area is 145 Å².